The Kier molecular flexibility index (Phi) is 5.91. The van der Waals surface area contributed by atoms with Crippen LogP contribution < -0.4 is 0 Å². The zero-order chi connectivity index (χ0) is 14.5. The molecule has 0 amide bonds. The Morgan fingerprint density at radius 1 is 1.15 bits per heavy atom. The summed E-state index contributed by atoms with van der Waals surface area (Å²) in [5, 5.41) is 0.410. The molecule has 0 aliphatic carbocycles. The zero-order valence-corrected chi connectivity index (χ0v) is 14.2. The first-order chi connectivity index (χ1) is 9.63. The minimum atomic E-state index is -0.253. The summed E-state index contributed by atoms with van der Waals surface area (Å²) in [5.41, 5.74) is 3.18. The van der Waals surface area contributed by atoms with E-state index in [0.29, 0.717) is 5.02 Å². The van der Waals surface area contributed by atoms with Crippen LogP contribution >= 0.6 is 39.1 Å². The first-order valence-corrected chi connectivity index (χ1v) is 7.90. The van der Waals surface area contributed by atoms with Crippen LogP contribution in [0.25, 0.3) is 0 Å². The summed E-state index contributed by atoms with van der Waals surface area (Å²) in [4.78, 5) is 0. The molecule has 0 aliphatic rings. The highest BCUT2D eigenvalue weighted by molar-refractivity contribution is 9.10. The number of hydrogen-bond acceptors (Lipinski definition) is 1. The fourth-order valence-electron chi connectivity index (χ4n) is 1.97. The quantitative estimate of drug-likeness (QED) is 0.618. The van der Waals surface area contributed by atoms with Crippen LogP contribution in [-0.2, 0) is 11.2 Å². The van der Waals surface area contributed by atoms with E-state index in [1.165, 1.54) is 5.56 Å². The Labute approximate surface area is 138 Å². The Bertz CT molecular complexity index is 569. The molecule has 1 unspecified atom stereocenters. The second-order valence-electron chi connectivity index (χ2n) is 4.49. The second kappa shape index (κ2) is 7.46. The number of hydrogen-bond donors (Lipinski definition) is 0. The molecule has 0 aromatic heterocycles. The molecule has 0 bridgehead atoms. The molecule has 1 atom stereocenters. The van der Waals surface area contributed by atoms with Crippen LogP contribution in [0.15, 0.2) is 46.9 Å². The lowest BCUT2D eigenvalue weighted by Crippen LogP contribution is -1.97. The Hall–Kier alpha value is -0.540. The minimum Gasteiger partial charge on any atom is -0.384 e. The molecule has 0 fully saturated rings. The molecule has 0 spiro atoms. The average Bonchev–Trinajstić information content (AvgIpc) is 2.48. The fraction of sp³-hybridized carbons (Fsp3) is 0.250. The molecule has 0 saturated carbocycles. The molecule has 1 nitrogen and oxygen atoms in total. The van der Waals surface area contributed by atoms with Gasteiger partial charge in [-0.2, -0.15) is 0 Å². The number of ether oxygens (including phenoxy) is 1. The number of benzene rings is 2. The summed E-state index contributed by atoms with van der Waals surface area (Å²) >= 11 is 16.2. The van der Waals surface area contributed by atoms with Gasteiger partial charge >= 0.3 is 0 Å². The molecular weight excluding hydrogens is 359 g/mol. The van der Waals surface area contributed by atoms with E-state index in [1.54, 1.807) is 7.11 Å². The number of rotatable bonds is 5. The van der Waals surface area contributed by atoms with Crippen molar-refractivity contribution in [3.63, 3.8) is 0 Å². The molecule has 0 heterocycles. The third kappa shape index (κ3) is 3.76. The van der Waals surface area contributed by atoms with Crippen LogP contribution in [-0.4, -0.2) is 13.7 Å². The second-order valence-corrected chi connectivity index (χ2v) is 6.16. The lowest BCUT2D eigenvalue weighted by Gasteiger charge is -2.13. The highest BCUT2D eigenvalue weighted by Crippen LogP contribution is 2.37. The predicted molar refractivity (Wildman–Crippen MR) is 88.9 cm³/mol. The number of methoxy groups -OCH3 is 1. The lowest BCUT2D eigenvalue weighted by molar-refractivity contribution is 0.202. The molecule has 2 rings (SSSR count). The van der Waals surface area contributed by atoms with Crippen molar-refractivity contribution >= 4 is 39.1 Å². The van der Waals surface area contributed by atoms with Gasteiger partial charge in [0.2, 0.25) is 0 Å². The summed E-state index contributed by atoms with van der Waals surface area (Å²) in [6.45, 7) is 0.723. The van der Waals surface area contributed by atoms with Crippen molar-refractivity contribution in [2.75, 3.05) is 13.7 Å². The summed E-state index contributed by atoms with van der Waals surface area (Å²) in [7, 11) is 1.71. The molecule has 4 heteroatoms. The van der Waals surface area contributed by atoms with Crippen molar-refractivity contribution in [3.05, 3.63) is 68.7 Å². The fourth-order valence-corrected chi connectivity index (χ4v) is 2.97. The van der Waals surface area contributed by atoms with Crippen LogP contribution in [0.5, 0.6) is 0 Å². The maximum absolute atomic E-state index is 6.54. The van der Waals surface area contributed by atoms with Gasteiger partial charge in [0.05, 0.1) is 17.0 Å². The predicted octanol–water partition coefficient (Wildman–Crippen LogP) is 5.62. The maximum Gasteiger partial charge on any atom is 0.0850 e. The van der Waals surface area contributed by atoms with Crippen LogP contribution in [0.2, 0.25) is 5.02 Å². The van der Waals surface area contributed by atoms with E-state index in [0.717, 1.165) is 28.6 Å². The lowest BCUT2D eigenvalue weighted by atomic mass is 10.0. The van der Waals surface area contributed by atoms with Crippen LogP contribution in [0, 0.1) is 0 Å². The van der Waals surface area contributed by atoms with E-state index >= 15 is 0 Å². The van der Waals surface area contributed by atoms with Crippen LogP contribution in [0.1, 0.15) is 22.1 Å². The number of alkyl halides is 1. The Balaban J connectivity index is 2.20. The third-order valence-electron chi connectivity index (χ3n) is 3.12. The Morgan fingerprint density at radius 2 is 1.85 bits per heavy atom. The van der Waals surface area contributed by atoms with E-state index in [2.05, 4.69) is 28.1 Å². The van der Waals surface area contributed by atoms with Gasteiger partial charge in [-0.25, -0.2) is 0 Å². The summed E-state index contributed by atoms with van der Waals surface area (Å²) in [6.07, 6.45) is 0.904. The van der Waals surface area contributed by atoms with Gasteiger partial charge in [0.1, 0.15) is 0 Å². The molecule has 0 saturated heterocycles. The monoisotopic (exact) mass is 372 g/mol. The van der Waals surface area contributed by atoms with Gasteiger partial charge < -0.3 is 4.74 Å². The Morgan fingerprint density at radius 3 is 2.50 bits per heavy atom. The molecular formula is C16H15BrCl2O. The van der Waals surface area contributed by atoms with E-state index in [1.807, 2.05) is 30.3 Å². The maximum atomic E-state index is 6.54. The van der Waals surface area contributed by atoms with Crippen molar-refractivity contribution in [1.82, 2.24) is 0 Å². The van der Waals surface area contributed by atoms with Gasteiger partial charge in [-0.15, -0.1) is 11.6 Å². The first kappa shape index (κ1) is 15.8. The average molecular weight is 374 g/mol. The van der Waals surface area contributed by atoms with E-state index in [4.69, 9.17) is 27.9 Å². The molecule has 2 aromatic carbocycles. The highest BCUT2D eigenvalue weighted by atomic mass is 79.9. The molecule has 20 heavy (non-hydrogen) atoms. The standard InChI is InChI=1S/C16H15BrCl2O/c1-20-10-9-11-5-7-12(8-6-11)15(18)13-3-2-4-14(17)16(13)19/h2-8,15H,9-10H2,1H3. The van der Waals surface area contributed by atoms with Crippen LogP contribution in [0.4, 0.5) is 0 Å². The van der Waals surface area contributed by atoms with Gasteiger partial charge in [0, 0.05) is 11.6 Å². The SMILES string of the molecule is COCCc1ccc(C(Cl)c2cccc(Br)c2Cl)cc1. The largest absolute Gasteiger partial charge is 0.384 e. The van der Waals surface area contributed by atoms with Gasteiger partial charge in [0.25, 0.3) is 0 Å². The minimum absolute atomic E-state index is 0.253. The number of halogens is 3. The van der Waals surface area contributed by atoms with E-state index in [9.17, 15) is 0 Å². The zero-order valence-electron chi connectivity index (χ0n) is 11.1. The van der Waals surface area contributed by atoms with Gasteiger partial charge in [-0.05, 0) is 45.1 Å². The van der Waals surface area contributed by atoms with Crippen molar-refractivity contribution in [2.24, 2.45) is 0 Å². The highest BCUT2D eigenvalue weighted by Gasteiger charge is 2.15. The summed E-state index contributed by atoms with van der Waals surface area (Å²) in [5.74, 6) is 0. The molecule has 0 aliphatic heterocycles. The topological polar surface area (TPSA) is 9.23 Å². The van der Waals surface area contributed by atoms with Crippen LogP contribution in [0.3, 0.4) is 0 Å². The first-order valence-electron chi connectivity index (χ1n) is 6.29. The van der Waals surface area contributed by atoms with Gasteiger partial charge in [-0.3, -0.25) is 0 Å². The molecule has 0 radical (unpaired) electrons. The van der Waals surface area contributed by atoms with Gasteiger partial charge in [0.15, 0.2) is 0 Å². The van der Waals surface area contributed by atoms with E-state index in [-0.39, 0.29) is 5.38 Å². The van der Waals surface area contributed by atoms with Gasteiger partial charge in [-0.1, -0.05) is 48.0 Å². The summed E-state index contributed by atoms with van der Waals surface area (Å²) < 4.78 is 5.93. The molecule has 2 aromatic rings. The normalized spacial score (nSPS) is 12.4. The van der Waals surface area contributed by atoms with Crippen molar-refractivity contribution < 1.29 is 4.74 Å². The van der Waals surface area contributed by atoms with Crippen molar-refractivity contribution in [1.29, 1.82) is 0 Å². The summed E-state index contributed by atoms with van der Waals surface area (Å²) in [6, 6.07) is 14.0. The molecule has 106 valence electrons. The van der Waals surface area contributed by atoms with Crippen molar-refractivity contribution in [3.8, 4) is 0 Å². The smallest absolute Gasteiger partial charge is 0.0850 e. The molecule has 0 N–H and O–H groups in total. The van der Waals surface area contributed by atoms with Crippen molar-refractivity contribution in [2.45, 2.75) is 11.8 Å². The van der Waals surface area contributed by atoms with E-state index < -0.39 is 0 Å². The third-order valence-corrected chi connectivity index (χ3v) is 4.92.